The Morgan fingerprint density at radius 3 is 2.69 bits per heavy atom. The Hall–Kier alpha value is -4.12. The van der Waals surface area contributed by atoms with Gasteiger partial charge in [0.2, 0.25) is 11.7 Å². The van der Waals surface area contributed by atoms with Crippen molar-refractivity contribution >= 4 is 28.9 Å². The van der Waals surface area contributed by atoms with Gasteiger partial charge >= 0.3 is 18.1 Å². The summed E-state index contributed by atoms with van der Waals surface area (Å²) in [5.41, 5.74) is 0.160. The molecule has 1 aliphatic heterocycles. The number of alkyl halides is 3. The number of imidazole rings is 1. The number of esters is 2. The minimum Gasteiger partial charge on any atom is -0.452 e. The summed E-state index contributed by atoms with van der Waals surface area (Å²) in [6.07, 6.45) is -3.91. The van der Waals surface area contributed by atoms with E-state index in [1.54, 1.807) is 11.5 Å². The van der Waals surface area contributed by atoms with Gasteiger partial charge in [-0.05, 0) is 19.1 Å². The molecule has 0 spiro atoms. The maximum atomic E-state index is 13.3. The van der Waals surface area contributed by atoms with Crippen molar-refractivity contribution in [1.82, 2.24) is 24.6 Å². The molecule has 0 amide bonds. The molecule has 35 heavy (non-hydrogen) atoms. The maximum absolute atomic E-state index is 13.3. The lowest BCUT2D eigenvalue weighted by atomic mass is 10.4. The van der Waals surface area contributed by atoms with E-state index in [0.29, 0.717) is 24.6 Å². The number of carbonyl (C=O) groups is 2. The summed E-state index contributed by atoms with van der Waals surface area (Å²) in [5.74, 6) is 1.49. The zero-order chi connectivity index (χ0) is 25.2. The number of halogens is 3. The molecule has 11 nitrogen and oxygen atoms in total. The molecule has 4 rings (SSSR count). The Balaban J connectivity index is 1.63. The van der Waals surface area contributed by atoms with E-state index in [1.165, 1.54) is 12.3 Å². The smallest absolute Gasteiger partial charge is 0.452 e. The van der Waals surface area contributed by atoms with E-state index >= 15 is 0 Å². The van der Waals surface area contributed by atoms with Gasteiger partial charge in [-0.2, -0.15) is 18.3 Å². The van der Waals surface area contributed by atoms with Crippen LogP contribution in [0.15, 0.2) is 27.5 Å². The highest BCUT2D eigenvalue weighted by atomic mass is 19.4. The monoisotopic (exact) mass is 492 g/mol. The summed E-state index contributed by atoms with van der Waals surface area (Å²) in [7, 11) is 0. The fourth-order valence-electron chi connectivity index (χ4n) is 3.51. The number of nitrogens with zero attached hydrogens (tertiary/aromatic N) is 5. The van der Waals surface area contributed by atoms with Crippen LogP contribution >= 0.6 is 0 Å². The molecule has 0 unspecified atom stereocenters. The minimum atomic E-state index is -5.33. The first-order chi connectivity index (χ1) is 16.7. The largest absolute Gasteiger partial charge is 0.491 e. The molecule has 3 aromatic heterocycles. The molecular formula is C21H19F3N6O5. The third-order valence-corrected chi connectivity index (χ3v) is 5.13. The number of rotatable bonds is 5. The number of hydrogen-bond acceptors (Lipinski definition) is 9. The van der Waals surface area contributed by atoms with Gasteiger partial charge in [0.1, 0.15) is 23.3 Å². The molecule has 0 bridgehead atoms. The van der Waals surface area contributed by atoms with Crippen LogP contribution in [0.2, 0.25) is 0 Å². The molecule has 0 radical (unpaired) electrons. The van der Waals surface area contributed by atoms with Crippen molar-refractivity contribution in [2.45, 2.75) is 26.2 Å². The summed E-state index contributed by atoms with van der Waals surface area (Å²) in [5, 5.41) is 7.35. The van der Waals surface area contributed by atoms with Gasteiger partial charge in [-0.15, -0.1) is 5.92 Å². The van der Waals surface area contributed by atoms with Crippen LogP contribution < -0.4 is 15.8 Å². The quantitative estimate of drug-likeness (QED) is 0.314. The van der Waals surface area contributed by atoms with Crippen LogP contribution in [-0.2, 0) is 22.6 Å². The maximum Gasteiger partial charge on any atom is 0.491 e. The molecule has 1 fully saturated rings. The van der Waals surface area contributed by atoms with Gasteiger partial charge in [0.15, 0.2) is 0 Å². The predicted molar refractivity (Wildman–Crippen MR) is 115 cm³/mol. The van der Waals surface area contributed by atoms with Gasteiger partial charge in [0.05, 0.1) is 12.7 Å². The Kier molecular flexibility index (Phi) is 6.61. The lowest BCUT2D eigenvalue weighted by Crippen LogP contribution is -2.44. The van der Waals surface area contributed by atoms with Crippen molar-refractivity contribution in [3.05, 3.63) is 40.2 Å². The van der Waals surface area contributed by atoms with E-state index in [9.17, 15) is 27.6 Å². The molecule has 0 aromatic carbocycles. The Morgan fingerprint density at radius 2 is 2.00 bits per heavy atom. The topological polar surface area (TPSA) is 124 Å². The number of nitrogens with one attached hydrogen (secondary N) is 1. The number of anilines is 1. The lowest BCUT2D eigenvalue weighted by molar-refractivity contribution is -0.193. The van der Waals surface area contributed by atoms with Crippen LogP contribution in [0.25, 0.3) is 11.0 Å². The summed E-state index contributed by atoms with van der Waals surface area (Å²) in [6, 6.07) is 2.30. The zero-order valence-electron chi connectivity index (χ0n) is 18.4. The SMILES string of the molecule is CC#CCn1c(N2CCNCC2)nc2cnn(Cc3ccc(C(=O)OC(=O)C(F)(F)F)o3)c(=O)c21. The second-order valence-corrected chi connectivity index (χ2v) is 7.44. The summed E-state index contributed by atoms with van der Waals surface area (Å²) < 4.78 is 48.6. The first-order valence-electron chi connectivity index (χ1n) is 10.4. The highest BCUT2D eigenvalue weighted by molar-refractivity contribution is 5.96. The first-order valence-corrected chi connectivity index (χ1v) is 10.4. The first kappa shape index (κ1) is 24.0. The highest BCUT2D eigenvalue weighted by Crippen LogP contribution is 2.21. The number of fused-ring (bicyclic) bond motifs is 1. The standard InChI is InChI=1S/C21H19F3N6O5/c1-2-3-8-29-16-14(27-20(29)28-9-6-25-7-10-28)11-26-30(17(16)31)12-13-4-5-15(34-13)18(32)35-19(33)21(22,23)24/h4-5,11,25H,6-10,12H2,1H3. The lowest BCUT2D eigenvalue weighted by Gasteiger charge is -2.28. The van der Waals surface area contributed by atoms with Crippen LogP contribution in [0, 0.1) is 11.8 Å². The third-order valence-electron chi connectivity index (χ3n) is 5.13. The highest BCUT2D eigenvalue weighted by Gasteiger charge is 2.43. The number of ether oxygens (including phenoxy) is 1. The zero-order valence-corrected chi connectivity index (χ0v) is 18.4. The molecule has 1 N–H and O–H groups in total. The van der Waals surface area contributed by atoms with Gasteiger partial charge < -0.3 is 19.4 Å². The summed E-state index contributed by atoms with van der Waals surface area (Å²) in [6.45, 7) is 4.62. The van der Waals surface area contributed by atoms with Gasteiger partial charge in [0.25, 0.3) is 5.56 Å². The average molecular weight is 492 g/mol. The predicted octanol–water partition coefficient (Wildman–Crippen LogP) is 0.913. The fraction of sp³-hybridized carbons (Fsp3) is 0.381. The van der Waals surface area contributed by atoms with Gasteiger partial charge in [0, 0.05) is 26.2 Å². The molecule has 4 heterocycles. The molecule has 14 heteroatoms. The van der Waals surface area contributed by atoms with E-state index in [-0.39, 0.29) is 24.4 Å². The van der Waals surface area contributed by atoms with Crippen molar-refractivity contribution in [3.63, 3.8) is 0 Å². The summed E-state index contributed by atoms with van der Waals surface area (Å²) >= 11 is 0. The summed E-state index contributed by atoms with van der Waals surface area (Å²) in [4.78, 5) is 42.5. The van der Waals surface area contributed by atoms with Crippen LogP contribution in [0.1, 0.15) is 23.2 Å². The van der Waals surface area contributed by atoms with Crippen molar-refractivity contribution < 1.29 is 31.9 Å². The van der Waals surface area contributed by atoms with Crippen molar-refractivity contribution in [2.75, 3.05) is 31.1 Å². The second kappa shape index (κ2) is 9.63. The fourth-order valence-corrected chi connectivity index (χ4v) is 3.51. The normalized spacial score (nSPS) is 14.0. The molecule has 1 saturated heterocycles. The van der Waals surface area contributed by atoms with E-state index in [0.717, 1.165) is 23.8 Å². The van der Waals surface area contributed by atoms with Gasteiger partial charge in [-0.1, -0.05) is 5.92 Å². The number of carbonyl (C=O) groups excluding carboxylic acids is 2. The Bertz CT molecular complexity index is 1390. The average Bonchev–Trinajstić information content (AvgIpc) is 3.44. The molecule has 1 aliphatic rings. The van der Waals surface area contributed by atoms with E-state index in [4.69, 9.17) is 4.42 Å². The Morgan fingerprint density at radius 1 is 1.26 bits per heavy atom. The number of aromatic nitrogens is 4. The number of hydrogen-bond donors (Lipinski definition) is 1. The second-order valence-electron chi connectivity index (χ2n) is 7.44. The van der Waals surface area contributed by atoms with Crippen LogP contribution in [0.4, 0.5) is 19.1 Å². The van der Waals surface area contributed by atoms with Crippen molar-refractivity contribution in [3.8, 4) is 11.8 Å². The minimum absolute atomic E-state index is 0.0344. The van der Waals surface area contributed by atoms with Gasteiger partial charge in [-0.25, -0.2) is 19.3 Å². The molecule has 3 aromatic rings. The van der Waals surface area contributed by atoms with E-state index in [2.05, 4.69) is 32.0 Å². The Labute approximate surface area is 195 Å². The third kappa shape index (κ3) is 5.04. The van der Waals surface area contributed by atoms with E-state index in [1.807, 2.05) is 4.90 Å². The van der Waals surface area contributed by atoms with Crippen LogP contribution in [-0.4, -0.2) is 63.6 Å². The number of furan rings is 1. The van der Waals surface area contributed by atoms with Crippen molar-refractivity contribution in [1.29, 1.82) is 0 Å². The molecule has 0 saturated carbocycles. The molecular weight excluding hydrogens is 473 g/mol. The van der Waals surface area contributed by atoms with E-state index < -0.39 is 29.4 Å². The number of piperazine rings is 1. The van der Waals surface area contributed by atoms with Crippen molar-refractivity contribution in [2.24, 2.45) is 0 Å². The van der Waals surface area contributed by atoms with Crippen LogP contribution in [0.5, 0.6) is 0 Å². The van der Waals surface area contributed by atoms with Crippen LogP contribution in [0.3, 0.4) is 0 Å². The molecule has 0 atom stereocenters. The van der Waals surface area contributed by atoms with Gasteiger partial charge in [-0.3, -0.25) is 9.36 Å². The molecule has 0 aliphatic carbocycles. The molecule has 184 valence electrons.